The molecule has 2 aliphatic rings. The van der Waals surface area contributed by atoms with Gasteiger partial charge in [0.15, 0.2) is 0 Å². The molecule has 0 saturated heterocycles. The van der Waals surface area contributed by atoms with Gasteiger partial charge in [-0.3, -0.25) is 4.57 Å². The Balaban J connectivity index is 1.19. The number of aromatic nitrogens is 4. The number of para-hydroxylation sites is 2. The summed E-state index contributed by atoms with van der Waals surface area (Å²) in [6.07, 6.45) is 10.1. The number of hydrogen-bond donors (Lipinski definition) is 0. The molecule has 0 radical (unpaired) electrons. The second-order valence-electron chi connectivity index (χ2n) is 15.5. The van der Waals surface area contributed by atoms with Gasteiger partial charge in [-0.05, 0) is 76.9 Å². The third-order valence-electron chi connectivity index (χ3n) is 11.9. The maximum absolute atomic E-state index is 6.90. The Morgan fingerprint density at radius 3 is 2.02 bits per heavy atom. The predicted octanol–water partition coefficient (Wildman–Crippen LogP) is 9.85. The molecule has 7 nitrogen and oxygen atoms in total. The first-order chi connectivity index (χ1) is 27.8. The molecule has 11 rings (SSSR count). The fraction of sp³-hybridized carbons (Fsp3) is 0.120. The molecule has 0 atom stereocenters. The monoisotopic (exact) mass is 740 g/mol. The smallest absolute Gasteiger partial charge is 0.244 e. The minimum Gasteiger partial charge on any atom is -0.458 e. The van der Waals surface area contributed by atoms with Crippen molar-refractivity contribution < 1.29 is 9.30 Å². The van der Waals surface area contributed by atoms with Gasteiger partial charge in [0.25, 0.3) is 0 Å². The van der Waals surface area contributed by atoms with Crippen molar-refractivity contribution in [1.82, 2.24) is 14.1 Å². The van der Waals surface area contributed by atoms with Crippen LogP contribution >= 0.6 is 0 Å². The largest absolute Gasteiger partial charge is 0.458 e. The Morgan fingerprint density at radius 1 is 0.632 bits per heavy atom. The SMILES string of the molecule is CN(C)c1cccc2c1C1(c3ccc(Oc4ccc5c6ccccc6n(-c6ccccn6)c5c4)cc3-n3[c-][n+](C)c4cccc1c43)c1c(cccc1N(C)C)C=C2. The molecule has 7 heteroatoms. The van der Waals surface area contributed by atoms with Crippen LogP contribution < -0.4 is 19.1 Å². The third kappa shape index (κ3) is 4.60. The van der Waals surface area contributed by atoms with Gasteiger partial charge < -0.3 is 23.7 Å². The zero-order chi connectivity index (χ0) is 38.6. The van der Waals surface area contributed by atoms with Crippen molar-refractivity contribution in [3.8, 4) is 23.0 Å². The molecule has 3 aromatic heterocycles. The second kappa shape index (κ2) is 12.2. The number of rotatable bonds is 5. The lowest BCUT2D eigenvalue weighted by molar-refractivity contribution is -0.649. The van der Waals surface area contributed by atoms with Crippen LogP contribution in [0.5, 0.6) is 11.5 Å². The van der Waals surface area contributed by atoms with E-state index in [1.807, 2.05) is 24.4 Å². The minimum absolute atomic E-state index is 0.707. The van der Waals surface area contributed by atoms with E-state index in [9.17, 15) is 0 Å². The van der Waals surface area contributed by atoms with Gasteiger partial charge in [-0.15, -0.1) is 0 Å². The van der Waals surface area contributed by atoms with Crippen LogP contribution in [0.25, 0.3) is 56.5 Å². The topological polar surface area (TPSA) is 42.3 Å². The molecule has 0 bridgehead atoms. The van der Waals surface area contributed by atoms with Gasteiger partial charge in [-0.2, -0.15) is 0 Å². The van der Waals surface area contributed by atoms with Crippen molar-refractivity contribution in [1.29, 1.82) is 0 Å². The number of hydrogen-bond acceptors (Lipinski definition) is 4. The van der Waals surface area contributed by atoms with Crippen molar-refractivity contribution in [2.24, 2.45) is 7.05 Å². The van der Waals surface area contributed by atoms with E-state index in [-0.39, 0.29) is 0 Å². The van der Waals surface area contributed by atoms with Gasteiger partial charge in [0.2, 0.25) is 6.33 Å². The average molecular weight is 741 g/mol. The normalized spacial score (nSPS) is 13.4. The lowest BCUT2D eigenvalue weighted by Crippen LogP contribution is -2.39. The van der Waals surface area contributed by atoms with Crippen LogP contribution in [0.1, 0.15) is 33.4 Å². The zero-order valence-electron chi connectivity index (χ0n) is 32.5. The van der Waals surface area contributed by atoms with Gasteiger partial charge in [-0.25, -0.2) is 4.98 Å². The third-order valence-corrected chi connectivity index (χ3v) is 11.9. The minimum atomic E-state index is -0.707. The number of imidazole rings is 1. The van der Waals surface area contributed by atoms with Crippen LogP contribution in [0.2, 0.25) is 0 Å². The maximum atomic E-state index is 6.90. The highest BCUT2D eigenvalue weighted by atomic mass is 16.5. The van der Waals surface area contributed by atoms with Crippen LogP contribution in [0.15, 0.2) is 140 Å². The molecule has 9 aromatic rings. The first-order valence-corrected chi connectivity index (χ1v) is 19.3. The number of fused-ring (bicyclic) bond motifs is 11. The summed E-state index contributed by atoms with van der Waals surface area (Å²) in [7, 11) is 10.7. The fourth-order valence-corrected chi connectivity index (χ4v) is 9.67. The summed E-state index contributed by atoms with van der Waals surface area (Å²) >= 11 is 0. The van der Waals surface area contributed by atoms with Gasteiger partial charge in [0.1, 0.15) is 17.3 Å². The molecule has 276 valence electrons. The van der Waals surface area contributed by atoms with Gasteiger partial charge in [0, 0.05) is 73.7 Å². The van der Waals surface area contributed by atoms with E-state index in [1.54, 1.807) is 0 Å². The summed E-state index contributed by atoms with van der Waals surface area (Å²) in [5.41, 5.74) is 14.3. The summed E-state index contributed by atoms with van der Waals surface area (Å²) in [5, 5.41) is 2.33. The van der Waals surface area contributed by atoms with Crippen molar-refractivity contribution in [2.45, 2.75) is 5.41 Å². The number of benzene rings is 6. The Kier molecular flexibility index (Phi) is 7.11. The number of ether oxygens (including phenoxy) is 1. The summed E-state index contributed by atoms with van der Waals surface area (Å²) in [5.74, 6) is 2.36. The molecule has 0 N–H and O–H groups in total. The molecular weight excluding hydrogens is 701 g/mol. The Hall–Kier alpha value is -7.12. The average Bonchev–Trinajstić information content (AvgIpc) is 3.70. The molecule has 6 aromatic carbocycles. The van der Waals surface area contributed by atoms with Crippen LogP contribution in [0.4, 0.5) is 11.4 Å². The molecule has 0 saturated carbocycles. The van der Waals surface area contributed by atoms with E-state index in [1.165, 1.54) is 50.1 Å². The maximum Gasteiger partial charge on any atom is 0.244 e. The molecule has 1 aliphatic heterocycles. The second-order valence-corrected chi connectivity index (χ2v) is 15.5. The van der Waals surface area contributed by atoms with Crippen molar-refractivity contribution >= 4 is 56.4 Å². The van der Waals surface area contributed by atoms with Crippen molar-refractivity contribution in [3.63, 3.8) is 0 Å². The lowest BCUT2D eigenvalue weighted by atomic mass is 9.60. The van der Waals surface area contributed by atoms with Gasteiger partial charge in [-0.1, -0.05) is 84.9 Å². The molecule has 0 amide bonds. The van der Waals surface area contributed by atoms with Gasteiger partial charge >= 0.3 is 0 Å². The summed E-state index contributed by atoms with van der Waals surface area (Å²) in [4.78, 5) is 9.26. The standard InChI is InChI=1S/C50H40N6O/c1-52(2)41-18-10-13-32-22-23-33-14-11-19-42(53(3)4)48(33)50(47(32)41)38-27-25-35(30-45(38)55-31-54(5)43-20-12-16-39(50)49(43)55)57-34-24-26-37-36-15-6-7-17-40(36)56(44(37)29-34)46-21-8-9-28-51-46/h6-30H,1-5H3. The first kappa shape index (κ1) is 33.2. The number of anilines is 2. The van der Waals surface area contributed by atoms with E-state index >= 15 is 0 Å². The molecule has 1 aliphatic carbocycles. The predicted molar refractivity (Wildman–Crippen MR) is 231 cm³/mol. The highest BCUT2D eigenvalue weighted by Crippen LogP contribution is 2.59. The highest BCUT2D eigenvalue weighted by Gasteiger charge is 2.49. The lowest BCUT2D eigenvalue weighted by Gasteiger charge is -2.46. The summed E-state index contributed by atoms with van der Waals surface area (Å²) < 4.78 is 13.5. The molecular formula is C50H40N6O. The van der Waals surface area contributed by atoms with Crippen LogP contribution in [-0.2, 0) is 12.5 Å². The fourth-order valence-electron chi connectivity index (χ4n) is 9.67. The Morgan fingerprint density at radius 2 is 1.30 bits per heavy atom. The van der Waals surface area contributed by atoms with Crippen LogP contribution in [0, 0.1) is 6.33 Å². The first-order valence-electron chi connectivity index (χ1n) is 19.3. The quantitative estimate of drug-likeness (QED) is 0.130. The number of pyridine rings is 1. The number of aryl methyl sites for hydroxylation is 1. The van der Waals surface area contributed by atoms with Crippen LogP contribution in [-0.4, -0.2) is 42.3 Å². The molecule has 1 spiro atoms. The van der Waals surface area contributed by atoms with E-state index < -0.39 is 5.41 Å². The van der Waals surface area contributed by atoms with Crippen LogP contribution in [0.3, 0.4) is 0 Å². The van der Waals surface area contributed by atoms with Crippen molar-refractivity contribution in [3.05, 3.63) is 179 Å². The van der Waals surface area contributed by atoms with E-state index in [4.69, 9.17) is 9.72 Å². The molecule has 0 fully saturated rings. The molecule has 4 heterocycles. The zero-order valence-corrected chi connectivity index (χ0v) is 32.5. The van der Waals surface area contributed by atoms with E-state index in [2.05, 4.69) is 192 Å². The highest BCUT2D eigenvalue weighted by molar-refractivity contribution is 6.09. The Bertz CT molecular complexity index is 3070. The molecule has 57 heavy (non-hydrogen) atoms. The Labute approximate surface area is 331 Å². The summed E-state index contributed by atoms with van der Waals surface area (Å²) in [6.45, 7) is 0. The van der Waals surface area contributed by atoms with Gasteiger partial charge in [0.05, 0.1) is 40.2 Å². The van der Waals surface area contributed by atoms with Crippen molar-refractivity contribution in [2.75, 3.05) is 38.0 Å². The summed E-state index contributed by atoms with van der Waals surface area (Å²) in [6, 6.07) is 47.7. The number of nitrogens with zero attached hydrogens (tertiary/aromatic N) is 6. The van der Waals surface area contributed by atoms with E-state index in [0.29, 0.717) is 0 Å². The van der Waals surface area contributed by atoms with E-state index in [0.717, 1.165) is 50.5 Å². The molecule has 0 unspecified atom stereocenters.